The van der Waals surface area contributed by atoms with Crippen LogP contribution in [0.1, 0.15) is 51.0 Å². The van der Waals surface area contributed by atoms with E-state index in [1.807, 2.05) is 12.1 Å². The Kier molecular flexibility index (Phi) is 7.48. The number of hydrogen-bond donors (Lipinski definition) is 2. The van der Waals surface area contributed by atoms with Gasteiger partial charge in [-0.1, -0.05) is 57.2 Å². The van der Waals surface area contributed by atoms with E-state index in [0.29, 0.717) is 5.75 Å². The molecule has 0 heterocycles. The molecule has 2 rings (SSSR count). The van der Waals surface area contributed by atoms with Gasteiger partial charge in [0, 0.05) is 0 Å². The van der Waals surface area contributed by atoms with Crippen LogP contribution in [0.3, 0.4) is 0 Å². The van der Waals surface area contributed by atoms with Crippen LogP contribution in [0.5, 0.6) is 17.2 Å². The van der Waals surface area contributed by atoms with E-state index >= 15 is 0 Å². The van der Waals surface area contributed by atoms with Crippen LogP contribution in [0.15, 0.2) is 47.4 Å². The number of hydrogen-bond acceptors (Lipinski definition) is 4. The summed E-state index contributed by atoms with van der Waals surface area (Å²) in [7, 11) is -4.59. The molecule has 0 atom stereocenters. The minimum atomic E-state index is -4.59. The normalized spacial score (nSPS) is 11.5. The van der Waals surface area contributed by atoms with Crippen molar-refractivity contribution in [3.05, 3.63) is 48.0 Å². The van der Waals surface area contributed by atoms with Crippen molar-refractivity contribution >= 4 is 10.1 Å². The van der Waals surface area contributed by atoms with E-state index < -0.39 is 20.8 Å². The number of aromatic hydroxyl groups is 1. The molecule has 0 bridgehead atoms. The van der Waals surface area contributed by atoms with Gasteiger partial charge in [0.05, 0.1) is 0 Å². The van der Waals surface area contributed by atoms with Gasteiger partial charge in [-0.25, -0.2) is 0 Å². The van der Waals surface area contributed by atoms with Crippen LogP contribution in [0.25, 0.3) is 0 Å². The molecule has 0 aliphatic heterocycles. The van der Waals surface area contributed by atoms with Gasteiger partial charge in [-0.3, -0.25) is 4.55 Å². The Morgan fingerprint density at radius 2 is 1.58 bits per heavy atom. The third-order valence-electron chi connectivity index (χ3n) is 4.19. The second-order valence-corrected chi connectivity index (χ2v) is 7.70. The minimum Gasteiger partial charge on any atom is -0.506 e. The van der Waals surface area contributed by atoms with E-state index in [4.69, 9.17) is 4.74 Å². The summed E-state index contributed by atoms with van der Waals surface area (Å²) in [6, 6.07) is 11.4. The molecule has 2 aromatic rings. The van der Waals surface area contributed by atoms with E-state index in [2.05, 4.69) is 6.92 Å². The number of phenolic OH excluding ortho intramolecular Hbond substituents is 1. The van der Waals surface area contributed by atoms with Crippen molar-refractivity contribution < 1.29 is 22.8 Å². The summed E-state index contributed by atoms with van der Waals surface area (Å²) >= 11 is 0. The fourth-order valence-electron chi connectivity index (χ4n) is 2.80. The molecule has 0 amide bonds. The molecule has 2 N–H and O–H groups in total. The first-order chi connectivity index (χ1) is 12.4. The smallest absolute Gasteiger partial charge is 0.301 e. The highest BCUT2D eigenvalue weighted by atomic mass is 32.2. The lowest BCUT2D eigenvalue weighted by atomic mass is 10.0. The Hall–Kier alpha value is -2.05. The highest BCUT2D eigenvalue weighted by Gasteiger charge is 2.22. The van der Waals surface area contributed by atoms with Crippen molar-refractivity contribution in [3.63, 3.8) is 0 Å². The maximum atomic E-state index is 11.4. The zero-order chi connectivity index (χ0) is 19.0. The molecule has 2 aromatic carbocycles. The molecule has 0 radical (unpaired) electrons. The van der Waals surface area contributed by atoms with Crippen molar-refractivity contribution in [3.8, 4) is 17.2 Å². The van der Waals surface area contributed by atoms with Gasteiger partial charge in [0.1, 0.15) is 11.5 Å². The van der Waals surface area contributed by atoms with Gasteiger partial charge in [-0.05, 0) is 42.7 Å². The summed E-state index contributed by atoms with van der Waals surface area (Å²) in [5, 5.41) is 9.70. The average Bonchev–Trinajstić information content (AvgIpc) is 2.58. The molecule has 6 heteroatoms. The van der Waals surface area contributed by atoms with E-state index in [9.17, 15) is 18.1 Å². The average molecular weight is 378 g/mol. The molecule has 0 unspecified atom stereocenters. The van der Waals surface area contributed by atoms with Crippen molar-refractivity contribution in [2.45, 2.75) is 56.8 Å². The lowest BCUT2D eigenvalue weighted by Crippen LogP contribution is -2.01. The summed E-state index contributed by atoms with van der Waals surface area (Å²) in [5.41, 5.74) is 1.19. The number of aryl methyl sites for hydroxylation is 1. The Morgan fingerprint density at radius 3 is 2.23 bits per heavy atom. The van der Waals surface area contributed by atoms with Gasteiger partial charge in [-0.2, -0.15) is 8.42 Å². The molecule has 0 aromatic heterocycles. The van der Waals surface area contributed by atoms with E-state index in [1.165, 1.54) is 55.9 Å². The Morgan fingerprint density at radius 1 is 0.923 bits per heavy atom. The highest BCUT2D eigenvalue weighted by molar-refractivity contribution is 7.86. The molecule has 0 saturated heterocycles. The van der Waals surface area contributed by atoms with Crippen molar-refractivity contribution in [2.75, 3.05) is 0 Å². The standard InChI is InChI=1S/C20H26O5S/c1-2-3-4-5-6-7-9-16-12-14-17(15-13-16)25-19-11-8-10-18(21)20(19)26(22,23)24/h8,10-15,21H,2-7,9H2,1H3,(H,22,23,24). The molecule has 142 valence electrons. The number of unbranched alkanes of at least 4 members (excludes halogenated alkanes) is 5. The molecule has 0 aliphatic carbocycles. The summed E-state index contributed by atoms with van der Waals surface area (Å²) < 4.78 is 37.7. The second-order valence-electron chi connectivity index (χ2n) is 6.34. The van der Waals surface area contributed by atoms with Gasteiger partial charge in [0.2, 0.25) is 0 Å². The highest BCUT2D eigenvalue weighted by Crippen LogP contribution is 2.35. The van der Waals surface area contributed by atoms with E-state index in [1.54, 1.807) is 12.1 Å². The predicted octanol–water partition coefficient (Wildman–Crippen LogP) is 5.33. The molecular formula is C20H26O5S. The minimum absolute atomic E-state index is 0.115. The van der Waals surface area contributed by atoms with Crippen molar-refractivity contribution in [1.29, 1.82) is 0 Å². The lowest BCUT2D eigenvalue weighted by Gasteiger charge is -2.11. The van der Waals surface area contributed by atoms with Crippen LogP contribution in [0, 0.1) is 0 Å². The fourth-order valence-corrected chi connectivity index (χ4v) is 3.50. The monoisotopic (exact) mass is 378 g/mol. The third kappa shape index (κ3) is 6.04. The quantitative estimate of drug-likeness (QED) is 0.431. The number of rotatable bonds is 10. The second kappa shape index (κ2) is 9.59. The Labute approximate surface area is 155 Å². The fraction of sp³-hybridized carbons (Fsp3) is 0.400. The largest absolute Gasteiger partial charge is 0.506 e. The lowest BCUT2D eigenvalue weighted by molar-refractivity contribution is 0.415. The van der Waals surface area contributed by atoms with Crippen LogP contribution in [0.2, 0.25) is 0 Å². The van der Waals surface area contributed by atoms with E-state index in [-0.39, 0.29) is 5.75 Å². The summed E-state index contributed by atoms with van der Waals surface area (Å²) in [5.74, 6) is -0.229. The summed E-state index contributed by atoms with van der Waals surface area (Å²) in [4.78, 5) is -0.629. The first-order valence-electron chi connectivity index (χ1n) is 8.98. The summed E-state index contributed by atoms with van der Waals surface area (Å²) in [6.07, 6.45) is 8.47. The zero-order valence-electron chi connectivity index (χ0n) is 15.0. The molecule has 0 fully saturated rings. The molecule has 26 heavy (non-hydrogen) atoms. The third-order valence-corrected chi connectivity index (χ3v) is 5.11. The maximum absolute atomic E-state index is 11.4. The first kappa shape index (κ1) is 20.3. The van der Waals surface area contributed by atoms with Crippen LogP contribution in [-0.4, -0.2) is 18.1 Å². The van der Waals surface area contributed by atoms with Crippen LogP contribution in [0.4, 0.5) is 0 Å². The van der Waals surface area contributed by atoms with Crippen molar-refractivity contribution in [1.82, 2.24) is 0 Å². The van der Waals surface area contributed by atoms with Gasteiger partial charge >= 0.3 is 10.1 Å². The number of benzene rings is 2. The van der Waals surface area contributed by atoms with Gasteiger partial charge in [0.25, 0.3) is 0 Å². The molecular weight excluding hydrogens is 352 g/mol. The first-order valence-corrected chi connectivity index (χ1v) is 10.4. The summed E-state index contributed by atoms with van der Waals surface area (Å²) in [6.45, 7) is 2.21. The maximum Gasteiger partial charge on any atom is 0.301 e. The Balaban J connectivity index is 1.97. The van der Waals surface area contributed by atoms with Crippen LogP contribution < -0.4 is 4.74 Å². The zero-order valence-corrected chi connectivity index (χ0v) is 15.8. The topological polar surface area (TPSA) is 83.8 Å². The van der Waals surface area contributed by atoms with E-state index in [0.717, 1.165) is 12.8 Å². The SMILES string of the molecule is CCCCCCCCc1ccc(Oc2cccc(O)c2S(=O)(=O)O)cc1. The van der Waals surface area contributed by atoms with Gasteiger partial charge in [-0.15, -0.1) is 0 Å². The predicted molar refractivity (Wildman–Crippen MR) is 102 cm³/mol. The van der Waals surface area contributed by atoms with Crippen molar-refractivity contribution in [2.24, 2.45) is 0 Å². The molecule has 0 aliphatic rings. The number of phenols is 1. The molecule has 0 spiro atoms. The van der Waals surface area contributed by atoms with Gasteiger partial charge in [0.15, 0.2) is 10.6 Å². The molecule has 5 nitrogen and oxygen atoms in total. The number of ether oxygens (including phenoxy) is 1. The Bertz CT molecular complexity index is 797. The molecule has 0 saturated carbocycles. The van der Waals surface area contributed by atoms with Gasteiger partial charge < -0.3 is 9.84 Å². The van der Waals surface area contributed by atoms with Crippen LogP contribution in [-0.2, 0) is 16.5 Å². The van der Waals surface area contributed by atoms with Crippen LogP contribution >= 0.6 is 0 Å².